The van der Waals surface area contributed by atoms with Crippen LogP contribution in [0.4, 0.5) is 0 Å². The van der Waals surface area contributed by atoms with Crippen LogP contribution in [0.15, 0.2) is 36.5 Å². The van der Waals surface area contributed by atoms with E-state index in [1.165, 1.54) is 0 Å². The summed E-state index contributed by atoms with van der Waals surface area (Å²) < 4.78 is 1.70. The van der Waals surface area contributed by atoms with Gasteiger partial charge >= 0.3 is 0 Å². The van der Waals surface area contributed by atoms with E-state index in [1.54, 1.807) is 4.68 Å². The Morgan fingerprint density at radius 3 is 2.68 bits per heavy atom. The Morgan fingerprint density at radius 2 is 1.97 bits per heavy atom. The molecule has 2 atom stereocenters. The van der Waals surface area contributed by atoms with Crippen LogP contribution in [-0.2, 0) is 11.2 Å². The monoisotopic (exact) mass is 444 g/mol. The van der Waals surface area contributed by atoms with E-state index in [2.05, 4.69) is 46.6 Å². The number of amides is 1. The molecule has 9 heteroatoms. The molecule has 1 fully saturated rings. The smallest absolute Gasteiger partial charge is 0.247 e. The predicted molar refractivity (Wildman–Crippen MR) is 117 cm³/mol. The number of hydrogen-bond acceptors (Lipinski definition) is 5. The molecule has 4 rings (SSSR count). The molecule has 1 saturated heterocycles. The number of nitrogens with one attached hydrogen (secondary N) is 2. The summed E-state index contributed by atoms with van der Waals surface area (Å²) in [5.74, 6) is 0.541. The summed E-state index contributed by atoms with van der Waals surface area (Å²) >= 11 is 0. The average Bonchev–Trinajstić information content (AvgIpc) is 3.38. The van der Waals surface area contributed by atoms with Crippen molar-refractivity contribution >= 4 is 16.8 Å². The molecule has 0 saturated carbocycles. The minimum Gasteiger partial charge on any atom is -1.00 e. The van der Waals surface area contributed by atoms with Crippen LogP contribution in [0.2, 0.25) is 0 Å². The first kappa shape index (κ1) is 23.2. The molecule has 2 aromatic heterocycles. The van der Waals surface area contributed by atoms with Crippen LogP contribution in [0.3, 0.4) is 0 Å². The Balaban J connectivity index is 0.00000272. The zero-order valence-corrected chi connectivity index (χ0v) is 18.8. The fourth-order valence-electron chi connectivity index (χ4n) is 4.08. The van der Waals surface area contributed by atoms with E-state index in [9.17, 15) is 4.79 Å². The van der Waals surface area contributed by atoms with Gasteiger partial charge in [0.15, 0.2) is 0 Å². The molecule has 0 bridgehead atoms. The van der Waals surface area contributed by atoms with E-state index in [4.69, 9.17) is 5.73 Å². The molecule has 0 spiro atoms. The highest BCUT2D eigenvalue weighted by atomic mass is 35.5. The molecule has 1 amide bonds. The molecule has 31 heavy (non-hydrogen) atoms. The van der Waals surface area contributed by atoms with Gasteiger partial charge in [0.05, 0.1) is 17.9 Å². The molecular formula is C22H31ClN7O-. The molecule has 1 aliphatic rings. The topological polar surface area (TPSA) is 105 Å². The van der Waals surface area contributed by atoms with Gasteiger partial charge in [-0.15, -0.1) is 5.10 Å². The summed E-state index contributed by atoms with van der Waals surface area (Å²) in [6.07, 6.45) is 3.21. The Hall–Kier alpha value is -2.42. The van der Waals surface area contributed by atoms with Gasteiger partial charge in [-0.05, 0) is 29.9 Å². The molecule has 1 aliphatic heterocycles. The zero-order chi connectivity index (χ0) is 21.1. The minimum atomic E-state index is -0.455. The lowest BCUT2D eigenvalue weighted by Gasteiger charge is -2.30. The van der Waals surface area contributed by atoms with Crippen molar-refractivity contribution in [2.45, 2.75) is 38.8 Å². The van der Waals surface area contributed by atoms with Gasteiger partial charge in [0.2, 0.25) is 5.91 Å². The number of benzene rings is 1. The number of nitrogens with two attached hydrogens (primary N) is 1. The standard InChI is InChI=1S/C22H31N7O.ClH/c1-15(2)11-18(23)20-14-29(27-26-20)21(22(30)28-9-7-24-8-10-28)13-17-12-16-5-3-4-6-19(16)25-17;/h3-6,12,14-15,18,21,24-25H,7-11,13,23H2,1-2H3;1H/p-1/t18-,21-;/m0./s1. The van der Waals surface area contributed by atoms with Crippen LogP contribution in [0.25, 0.3) is 10.9 Å². The molecule has 0 unspecified atom stereocenters. The van der Waals surface area contributed by atoms with Crippen molar-refractivity contribution in [3.63, 3.8) is 0 Å². The van der Waals surface area contributed by atoms with Gasteiger partial charge in [0, 0.05) is 43.8 Å². The van der Waals surface area contributed by atoms with Gasteiger partial charge in [-0.2, -0.15) is 0 Å². The van der Waals surface area contributed by atoms with Crippen molar-refractivity contribution in [2.24, 2.45) is 11.7 Å². The maximum atomic E-state index is 13.4. The first-order valence-electron chi connectivity index (χ1n) is 10.7. The molecule has 0 radical (unpaired) electrons. The molecule has 3 heterocycles. The molecule has 168 valence electrons. The second kappa shape index (κ2) is 10.3. The summed E-state index contributed by atoms with van der Waals surface area (Å²) in [7, 11) is 0. The maximum absolute atomic E-state index is 13.4. The zero-order valence-electron chi connectivity index (χ0n) is 18.1. The maximum Gasteiger partial charge on any atom is 0.247 e. The molecule has 8 nitrogen and oxygen atoms in total. The van der Waals surface area contributed by atoms with Gasteiger partial charge in [-0.25, -0.2) is 4.68 Å². The Labute approximate surface area is 189 Å². The van der Waals surface area contributed by atoms with E-state index in [1.807, 2.05) is 29.3 Å². The Morgan fingerprint density at radius 1 is 1.23 bits per heavy atom. The normalized spacial score (nSPS) is 16.3. The highest BCUT2D eigenvalue weighted by Crippen LogP contribution is 2.23. The number of carbonyl (C=O) groups is 1. The van der Waals surface area contributed by atoms with Crippen LogP contribution in [0.1, 0.15) is 43.7 Å². The number of rotatable bonds is 7. The third-order valence-corrected chi connectivity index (χ3v) is 5.67. The molecule has 0 aliphatic carbocycles. The summed E-state index contributed by atoms with van der Waals surface area (Å²) in [4.78, 5) is 18.8. The average molecular weight is 445 g/mol. The fraction of sp³-hybridized carbons (Fsp3) is 0.500. The van der Waals surface area contributed by atoms with Crippen LogP contribution in [0.5, 0.6) is 0 Å². The van der Waals surface area contributed by atoms with Gasteiger partial charge < -0.3 is 33.3 Å². The van der Waals surface area contributed by atoms with Gasteiger partial charge in [0.1, 0.15) is 6.04 Å². The number of para-hydroxylation sites is 1. The second-order valence-corrected chi connectivity index (χ2v) is 8.54. The van der Waals surface area contributed by atoms with Crippen molar-refractivity contribution in [1.29, 1.82) is 0 Å². The lowest BCUT2D eigenvalue weighted by molar-refractivity contribution is -0.135. The third kappa shape index (κ3) is 5.44. The Kier molecular flexibility index (Phi) is 7.69. The number of H-pyrrole nitrogens is 1. The third-order valence-electron chi connectivity index (χ3n) is 5.67. The quantitative estimate of drug-likeness (QED) is 0.434. The molecule has 1 aromatic carbocycles. The van der Waals surface area contributed by atoms with Crippen LogP contribution in [0, 0.1) is 5.92 Å². The van der Waals surface area contributed by atoms with Gasteiger partial charge in [-0.1, -0.05) is 37.3 Å². The number of aromatic amines is 1. The van der Waals surface area contributed by atoms with Gasteiger partial charge in [-0.3, -0.25) is 4.79 Å². The lowest BCUT2D eigenvalue weighted by Crippen LogP contribution is -3.00. The molecule has 3 aromatic rings. The van der Waals surface area contributed by atoms with E-state index in [0.717, 1.165) is 41.8 Å². The van der Waals surface area contributed by atoms with E-state index in [0.29, 0.717) is 25.4 Å². The van der Waals surface area contributed by atoms with Gasteiger partial charge in [0.25, 0.3) is 0 Å². The van der Waals surface area contributed by atoms with Crippen LogP contribution >= 0.6 is 0 Å². The van der Waals surface area contributed by atoms with Crippen molar-refractivity contribution in [3.05, 3.63) is 47.9 Å². The number of carbonyl (C=O) groups excluding carboxylic acids is 1. The van der Waals surface area contributed by atoms with Crippen molar-refractivity contribution < 1.29 is 17.2 Å². The van der Waals surface area contributed by atoms with Crippen molar-refractivity contribution in [1.82, 2.24) is 30.2 Å². The number of fused-ring (bicyclic) bond motifs is 1. The fourth-order valence-corrected chi connectivity index (χ4v) is 4.08. The van der Waals surface area contributed by atoms with E-state index in [-0.39, 0.29) is 24.4 Å². The predicted octanol–water partition coefficient (Wildman–Crippen LogP) is -0.975. The highest BCUT2D eigenvalue weighted by molar-refractivity contribution is 5.82. The van der Waals surface area contributed by atoms with Crippen LogP contribution < -0.4 is 23.5 Å². The molecule has 4 N–H and O–H groups in total. The second-order valence-electron chi connectivity index (χ2n) is 8.54. The summed E-state index contributed by atoms with van der Waals surface area (Å²) in [5.41, 5.74) is 9.12. The minimum absolute atomic E-state index is 0. The van der Waals surface area contributed by atoms with E-state index >= 15 is 0 Å². The van der Waals surface area contributed by atoms with Crippen LogP contribution in [-0.4, -0.2) is 57.0 Å². The first-order valence-corrected chi connectivity index (χ1v) is 10.7. The van der Waals surface area contributed by atoms with Crippen molar-refractivity contribution in [3.8, 4) is 0 Å². The lowest BCUT2D eigenvalue weighted by atomic mass is 10.0. The summed E-state index contributed by atoms with van der Waals surface area (Å²) in [5, 5.41) is 13.1. The van der Waals surface area contributed by atoms with E-state index < -0.39 is 6.04 Å². The SMILES string of the molecule is CC(C)C[C@H](N)c1cn([C@@H](Cc2cc3ccccc3[nH]2)C(=O)N2CCNCC2)nn1.[Cl-]. The number of hydrogen-bond donors (Lipinski definition) is 3. The first-order chi connectivity index (χ1) is 14.5. The summed E-state index contributed by atoms with van der Waals surface area (Å²) in [6.45, 7) is 7.31. The number of nitrogens with zero attached hydrogens (tertiary/aromatic N) is 4. The number of piperazine rings is 1. The largest absolute Gasteiger partial charge is 1.00 e. The number of halogens is 1. The molecular weight excluding hydrogens is 414 g/mol. The highest BCUT2D eigenvalue weighted by Gasteiger charge is 2.29. The summed E-state index contributed by atoms with van der Waals surface area (Å²) in [6, 6.07) is 9.61. The van der Waals surface area contributed by atoms with Crippen molar-refractivity contribution in [2.75, 3.05) is 26.2 Å². The Bertz CT molecular complexity index is 960. The number of aromatic nitrogens is 4.